The van der Waals surface area contributed by atoms with Crippen molar-refractivity contribution in [1.29, 1.82) is 0 Å². The molecule has 1 atom stereocenters. The summed E-state index contributed by atoms with van der Waals surface area (Å²) in [5.74, 6) is -0.515. The smallest absolute Gasteiger partial charge is 0.338 e. The number of esters is 1. The standard InChI is InChI=1S/C14H18BrNO4S/c1-8(2)21(18,19)16-7-9(3)13-11(14(17)20-4)5-10(15)6-12(13)16/h5-6,8-9H,7H2,1-4H3. The fourth-order valence-electron chi connectivity index (χ4n) is 2.54. The van der Waals surface area contributed by atoms with Crippen molar-refractivity contribution < 1.29 is 17.9 Å². The monoisotopic (exact) mass is 375 g/mol. The molecule has 0 spiro atoms. The molecular weight excluding hydrogens is 358 g/mol. The van der Waals surface area contributed by atoms with Crippen molar-refractivity contribution in [2.45, 2.75) is 31.9 Å². The molecule has 2 rings (SSSR count). The van der Waals surface area contributed by atoms with E-state index in [1.54, 1.807) is 26.0 Å². The van der Waals surface area contributed by atoms with Gasteiger partial charge in [0.1, 0.15) is 0 Å². The van der Waals surface area contributed by atoms with Crippen LogP contribution in [0.25, 0.3) is 0 Å². The highest BCUT2D eigenvalue weighted by Crippen LogP contribution is 2.42. The highest BCUT2D eigenvalue weighted by atomic mass is 79.9. The molecule has 1 heterocycles. The van der Waals surface area contributed by atoms with Gasteiger partial charge in [0.15, 0.2) is 0 Å². The summed E-state index contributed by atoms with van der Waals surface area (Å²) in [6, 6.07) is 3.41. The molecule has 7 heteroatoms. The Kier molecular flexibility index (Phi) is 4.35. The van der Waals surface area contributed by atoms with Gasteiger partial charge in [-0.15, -0.1) is 0 Å². The van der Waals surface area contributed by atoms with E-state index < -0.39 is 21.2 Å². The van der Waals surface area contributed by atoms with Crippen LogP contribution in [0.3, 0.4) is 0 Å². The van der Waals surface area contributed by atoms with Crippen LogP contribution < -0.4 is 4.31 Å². The van der Waals surface area contributed by atoms with Gasteiger partial charge in [0.2, 0.25) is 10.0 Å². The first-order chi connectivity index (χ1) is 9.70. The van der Waals surface area contributed by atoms with Gasteiger partial charge in [0, 0.05) is 16.9 Å². The van der Waals surface area contributed by atoms with Gasteiger partial charge < -0.3 is 4.74 Å². The van der Waals surface area contributed by atoms with E-state index in [0.717, 1.165) is 5.56 Å². The predicted octanol–water partition coefficient (Wildman–Crippen LogP) is 2.90. The third-order valence-electron chi connectivity index (χ3n) is 3.63. The highest BCUT2D eigenvalue weighted by Gasteiger charge is 2.38. The van der Waals surface area contributed by atoms with Crippen LogP contribution in [0, 0.1) is 0 Å². The molecule has 1 aliphatic heterocycles. The number of halogens is 1. The molecule has 0 saturated carbocycles. The predicted molar refractivity (Wildman–Crippen MR) is 85.3 cm³/mol. The molecule has 0 saturated heterocycles. The van der Waals surface area contributed by atoms with Crippen LogP contribution >= 0.6 is 15.9 Å². The second kappa shape index (κ2) is 5.61. The van der Waals surface area contributed by atoms with Crippen molar-refractivity contribution in [3.05, 3.63) is 27.7 Å². The Morgan fingerprint density at radius 1 is 1.43 bits per heavy atom. The van der Waals surface area contributed by atoms with Crippen LogP contribution in [0.15, 0.2) is 16.6 Å². The number of methoxy groups -OCH3 is 1. The molecule has 5 nitrogen and oxygen atoms in total. The molecule has 0 aliphatic carbocycles. The largest absolute Gasteiger partial charge is 0.465 e. The zero-order chi connectivity index (χ0) is 15.9. The van der Waals surface area contributed by atoms with E-state index in [9.17, 15) is 13.2 Å². The summed E-state index contributed by atoms with van der Waals surface area (Å²) in [6.07, 6.45) is 0. The number of sulfonamides is 1. The minimum atomic E-state index is -3.43. The van der Waals surface area contributed by atoms with Crippen LogP contribution in [0.4, 0.5) is 5.69 Å². The average Bonchev–Trinajstić information content (AvgIpc) is 2.74. The van der Waals surface area contributed by atoms with E-state index in [1.807, 2.05) is 6.92 Å². The van der Waals surface area contributed by atoms with E-state index in [2.05, 4.69) is 15.9 Å². The Hall–Kier alpha value is -1.08. The van der Waals surface area contributed by atoms with Gasteiger partial charge in [-0.05, 0) is 31.5 Å². The van der Waals surface area contributed by atoms with Crippen LogP contribution in [0.5, 0.6) is 0 Å². The van der Waals surface area contributed by atoms with Crippen LogP contribution in [-0.2, 0) is 14.8 Å². The highest BCUT2D eigenvalue weighted by molar-refractivity contribution is 9.10. The van der Waals surface area contributed by atoms with Crippen molar-refractivity contribution in [1.82, 2.24) is 0 Å². The van der Waals surface area contributed by atoms with Gasteiger partial charge in [0.05, 0.1) is 23.6 Å². The lowest BCUT2D eigenvalue weighted by Gasteiger charge is -2.22. The summed E-state index contributed by atoms with van der Waals surface area (Å²) in [4.78, 5) is 12.0. The fraction of sp³-hybridized carbons (Fsp3) is 0.500. The number of rotatable bonds is 3. The summed E-state index contributed by atoms with van der Waals surface area (Å²) in [7, 11) is -2.11. The van der Waals surface area contributed by atoms with E-state index in [0.29, 0.717) is 22.3 Å². The molecule has 116 valence electrons. The van der Waals surface area contributed by atoms with Crippen molar-refractivity contribution in [3.8, 4) is 0 Å². The minimum absolute atomic E-state index is 0.0595. The molecule has 1 unspecified atom stereocenters. The number of anilines is 1. The van der Waals surface area contributed by atoms with E-state index >= 15 is 0 Å². The van der Waals surface area contributed by atoms with Crippen LogP contribution in [-0.4, -0.2) is 33.3 Å². The van der Waals surface area contributed by atoms with Crippen molar-refractivity contribution >= 4 is 37.6 Å². The van der Waals surface area contributed by atoms with Gasteiger partial charge >= 0.3 is 5.97 Å². The summed E-state index contributed by atoms with van der Waals surface area (Å²) < 4.78 is 31.9. The van der Waals surface area contributed by atoms with E-state index in [1.165, 1.54) is 11.4 Å². The Labute approximate surface area is 133 Å². The van der Waals surface area contributed by atoms with Gasteiger partial charge in [-0.2, -0.15) is 0 Å². The Balaban J connectivity index is 2.67. The van der Waals surface area contributed by atoms with E-state index in [4.69, 9.17) is 4.74 Å². The number of hydrogen-bond donors (Lipinski definition) is 0. The zero-order valence-electron chi connectivity index (χ0n) is 12.4. The molecule has 21 heavy (non-hydrogen) atoms. The van der Waals surface area contributed by atoms with Crippen molar-refractivity contribution in [2.75, 3.05) is 18.0 Å². The molecule has 0 radical (unpaired) electrons. The zero-order valence-corrected chi connectivity index (χ0v) is 14.8. The van der Waals surface area contributed by atoms with E-state index in [-0.39, 0.29) is 5.92 Å². The molecular formula is C14H18BrNO4S. The number of nitrogens with zero attached hydrogens (tertiary/aromatic N) is 1. The Morgan fingerprint density at radius 3 is 2.57 bits per heavy atom. The third kappa shape index (κ3) is 2.68. The number of fused-ring (bicyclic) bond motifs is 1. The van der Waals surface area contributed by atoms with Crippen LogP contribution in [0.2, 0.25) is 0 Å². The fourth-order valence-corrected chi connectivity index (χ4v) is 4.35. The second-order valence-corrected chi connectivity index (χ2v) is 8.73. The topological polar surface area (TPSA) is 63.7 Å². The summed E-state index contributed by atoms with van der Waals surface area (Å²) in [5, 5.41) is -0.517. The van der Waals surface area contributed by atoms with Gasteiger partial charge in [-0.3, -0.25) is 4.31 Å². The molecule has 1 aliphatic rings. The normalized spacial score (nSPS) is 18.0. The molecule has 0 aromatic heterocycles. The quantitative estimate of drug-likeness (QED) is 0.761. The lowest BCUT2D eigenvalue weighted by Crippen LogP contribution is -2.35. The minimum Gasteiger partial charge on any atom is -0.465 e. The molecule has 1 aromatic rings. The van der Waals surface area contributed by atoms with Crippen molar-refractivity contribution in [2.24, 2.45) is 0 Å². The first kappa shape index (κ1) is 16.3. The summed E-state index contributed by atoms with van der Waals surface area (Å²) in [6.45, 7) is 5.56. The second-order valence-electron chi connectivity index (χ2n) is 5.40. The molecule has 0 amide bonds. The third-order valence-corrected chi connectivity index (χ3v) is 6.24. The lowest BCUT2D eigenvalue weighted by molar-refractivity contribution is 0.0599. The lowest BCUT2D eigenvalue weighted by atomic mass is 9.97. The average molecular weight is 376 g/mol. The first-order valence-electron chi connectivity index (χ1n) is 6.63. The first-order valence-corrected chi connectivity index (χ1v) is 8.93. The summed E-state index contributed by atoms with van der Waals surface area (Å²) in [5.41, 5.74) is 1.70. The molecule has 0 N–H and O–H groups in total. The van der Waals surface area contributed by atoms with Crippen LogP contribution in [0.1, 0.15) is 42.6 Å². The Morgan fingerprint density at radius 2 is 2.05 bits per heavy atom. The molecule has 0 fully saturated rings. The number of hydrogen-bond acceptors (Lipinski definition) is 4. The van der Waals surface area contributed by atoms with Gasteiger partial charge in [-0.1, -0.05) is 22.9 Å². The maximum Gasteiger partial charge on any atom is 0.338 e. The SMILES string of the molecule is COC(=O)c1cc(Br)cc2c1C(C)CN2S(=O)(=O)C(C)C. The van der Waals surface area contributed by atoms with Gasteiger partial charge in [-0.25, -0.2) is 13.2 Å². The maximum atomic E-state index is 12.5. The Bertz CT molecular complexity index is 684. The maximum absolute atomic E-state index is 12.5. The number of benzene rings is 1. The number of carbonyl (C=O) groups is 1. The van der Waals surface area contributed by atoms with Crippen molar-refractivity contribution in [3.63, 3.8) is 0 Å². The number of carbonyl (C=O) groups excluding carboxylic acids is 1. The molecule has 1 aromatic carbocycles. The number of ether oxygens (including phenoxy) is 1. The summed E-state index contributed by atoms with van der Waals surface area (Å²) >= 11 is 3.34. The molecule has 0 bridgehead atoms. The van der Waals surface area contributed by atoms with Gasteiger partial charge in [0.25, 0.3) is 0 Å².